The molecule has 2 aromatic heterocycles. The van der Waals surface area contributed by atoms with Crippen LogP contribution in [0.25, 0.3) is 17.2 Å². The lowest BCUT2D eigenvalue weighted by atomic mass is 10.1. The van der Waals surface area contributed by atoms with Gasteiger partial charge in [0.25, 0.3) is 5.78 Å². The summed E-state index contributed by atoms with van der Waals surface area (Å²) in [5, 5.41) is 4.13. The van der Waals surface area contributed by atoms with Crippen LogP contribution in [0.1, 0.15) is 5.56 Å². The predicted octanol–water partition coefficient (Wildman–Crippen LogP) is 4.12. The molecular weight excluding hydrogens is 328 g/mol. The van der Waals surface area contributed by atoms with Gasteiger partial charge in [-0.1, -0.05) is 41.4 Å². The Morgan fingerprint density at radius 2 is 1.76 bits per heavy atom. The molecule has 108 valence electrons. The summed E-state index contributed by atoms with van der Waals surface area (Å²) in [5.74, 6) is -0.0981. The van der Waals surface area contributed by atoms with Crippen LogP contribution in [0.5, 0.6) is 0 Å². The molecule has 0 spiro atoms. The van der Waals surface area contributed by atoms with Gasteiger partial charge >= 0.3 is 6.18 Å². The molecule has 2 heterocycles. The molecule has 3 aromatic rings. The van der Waals surface area contributed by atoms with Gasteiger partial charge in [-0.2, -0.15) is 27.7 Å². The van der Waals surface area contributed by atoms with E-state index >= 15 is 0 Å². The maximum atomic E-state index is 13.0. The van der Waals surface area contributed by atoms with Crippen molar-refractivity contribution in [3.8, 4) is 11.4 Å². The molecule has 0 fully saturated rings. The SMILES string of the molecule is FC(F)(F)c1ccccc1-c1nc2nc(Cl)cc(Cl)n2n1. The standard InChI is InChI=1S/C12H5Cl2F3N4/c13-8-5-9(14)21-11(18-8)19-10(20-21)6-3-1-2-4-7(6)12(15,16)17/h1-5H. The monoisotopic (exact) mass is 332 g/mol. The number of halogens is 5. The first-order valence-corrected chi connectivity index (χ1v) is 6.37. The third kappa shape index (κ3) is 2.54. The van der Waals surface area contributed by atoms with E-state index in [1.54, 1.807) is 0 Å². The van der Waals surface area contributed by atoms with Crippen LogP contribution in [-0.2, 0) is 6.18 Å². The van der Waals surface area contributed by atoms with Crippen molar-refractivity contribution in [1.29, 1.82) is 0 Å². The molecule has 3 rings (SSSR count). The largest absolute Gasteiger partial charge is 0.417 e. The van der Waals surface area contributed by atoms with Gasteiger partial charge in [-0.25, -0.2) is 0 Å². The first-order valence-electron chi connectivity index (χ1n) is 5.61. The molecule has 0 N–H and O–H groups in total. The molecular formula is C12H5Cl2F3N4. The highest BCUT2D eigenvalue weighted by Gasteiger charge is 2.34. The van der Waals surface area contributed by atoms with E-state index in [9.17, 15) is 13.2 Å². The lowest BCUT2D eigenvalue weighted by Crippen LogP contribution is -2.07. The number of nitrogens with zero attached hydrogens (tertiary/aromatic N) is 4. The normalized spacial score (nSPS) is 12.0. The fourth-order valence-electron chi connectivity index (χ4n) is 1.85. The minimum Gasteiger partial charge on any atom is -0.199 e. The van der Waals surface area contributed by atoms with Crippen LogP contribution in [0.4, 0.5) is 13.2 Å². The van der Waals surface area contributed by atoms with Gasteiger partial charge in [0.05, 0.1) is 5.56 Å². The zero-order valence-electron chi connectivity index (χ0n) is 10.1. The van der Waals surface area contributed by atoms with Crippen LogP contribution in [0.3, 0.4) is 0 Å². The first-order chi connectivity index (χ1) is 9.86. The Balaban J connectivity index is 2.25. The molecule has 0 aliphatic heterocycles. The Kier molecular flexibility index (Phi) is 3.26. The fraction of sp³-hybridized carbons (Fsp3) is 0.0833. The summed E-state index contributed by atoms with van der Waals surface area (Å²) in [6.45, 7) is 0. The Morgan fingerprint density at radius 1 is 1.05 bits per heavy atom. The zero-order valence-corrected chi connectivity index (χ0v) is 11.6. The van der Waals surface area contributed by atoms with Gasteiger partial charge in [-0.05, 0) is 6.07 Å². The predicted molar refractivity (Wildman–Crippen MR) is 71.2 cm³/mol. The zero-order chi connectivity index (χ0) is 15.2. The average molecular weight is 333 g/mol. The third-order valence-corrected chi connectivity index (χ3v) is 3.17. The van der Waals surface area contributed by atoms with Crippen LogP contribution >= 0.6 is 23.2 Å². The Labute approximate surface area is 126 Å². The molecule has 1 aromatic carbocycles. The van der Waals surface area contributed by atoms with Gasteiger partial charge < -0.3 is 0 Å². The minimum atomic E-state index is -4.51. The van der Waals surface area contributed by atoms with Crippen LogP contribution in [0.2, 0.25) is 10.3 Å². The summed E-state index contributed by atoms with van der Waals surface area (Å²) in [4.78, 5) is 7.81. The number of rotatable bonds is 1. The van der Waals surface area contributed by atoms with Crippen molar-refractivity contribution < 1.29 is 13.2 Å². The molecule has 0 aliphatic rings. The van der Waals surface area contributed by atoms with E-state index in [2.05, 4.69) is 15.1 Å². The Bertz CT molecular complexity index is 829. The highest BCUT2D eigenvalue weighted by Crippen LogP contribution is 2.36. The van der Waals surface area contributed by atoms with Crippen molar-refractivity contribution in [2.75, 3.05) is 0 Å². The van der Waals surface area contributed by atoms with Gasteiger partial charge in [0.2, 0.25) is 0 Å². The Morgan fingerprint density at radius 3 is 2.48 bits per heavy atom. The fourth-order valence-corrected chi connectivity index (χ4v) is 2.30. The first kappa shape index (κ1) is 14.1. The van der Waals surface area contributed by atoms with Crippen molar-refractivity contribution in [3.63, 3.8) is 0 Å². The van der Waals surface area contributed by atoms with E-state index in [0.717, 1.165) is 10.6 Å². The number of benzene rings is 1. The summed E-state index contributed by atoms with van der Waals surface area (Å²) >= 11 is 11.6. The molecule has 4 nitrogen and oxygen atoms in total. The summed E-state index contributed by atoms with van der Waals surface area (Å²) in [6, 6.07) is 6.34. The average Bonchev–Trinajstić information content (AvgIpc) is 2.81. The smallest absolute Gasteiger partial charge is 0.199 e. The number of fused-ring (bicyclic) bond motifs is 1. The molecule has 0 saturated heterocycles. The number of alkyl halides is 3. The van der Waals surface area contributed by atoms with E-state index < -0.39 is 11.7 Å². The van der Waals surface area contributed by atoms with Crippen molar-refractivity contribution in [2.24, 2.45) is 0 Å². The lowest BCUT2D eigenvalue weighted by molar-refractivity contribution is -0.137. The maximum Gasteiger partial charge on any atom is 0.417 e. The van der Waals surface area contributed by atoms with Gasteiger partial charge in [-0.3, -0.25) is 0 Å². The van der Waals surface area contributed by atoms with Crippen LogP contribution in [0.15, 0.2) is 30.3 Å². The molecule has 21 heavy (non-hydrogen) atoms. The van der Waals surface area contributed by atoms with Crippen molar-refractivity contribution >= 4 is 29.0 Å². The second kappa shape index (κ2) is 4.85. The van der Waals surface area contributed by atoms with Gasteiger partial charge in [0, 0.05) is 11.6 Å². The molecule has 0 amide bonds. The van der Waals surface area contributed by atoms with Crippen LogP contribution in [-0.4, -0.2) is 19.6 Å². The topological polar surface area (TPSA) is 43.1 Å². The summed E-state index contributed by atoms with van der Waals surface area (Å²) in [7, 11) is 0. The summed E-state index contributed by atoms with van der Waals surface area (Å²) < 4.78 is 40.1. The minimum absolute atomic E-state index is 0.0273. The number of aromatic nitrogens is 4. The third-order valence-electron chi connectivity index (χ3n) is 2.71. The number of hydrogen-bond acceptors (Lipinski definition) is 3. The molecule has 0 unspecified atom stereocenters. The molecule has 0 bridgehead atoms. The van der Waals surface area contributed by atoms with Crippen LogP contribution in [0, 0.1) is 0 Å². The highest BCUT2D eigenvalue weighted by atomic mass is 35.5. The Hall–Kier alpha value is -1.86. The van der Waals surface area contributed by atoms with Gasteiger partial charge in [0.15, 0.2) is 5.82 Å². The van der Waals surface area contributed by atoms with Crippen molar-refractivity contribution in [3.05, 3.63) is 46.2 Å². The second-order valence-electron chi connectivity index (χ2n) is 4.09. The molecule has 0 radical (unpaired) electrons. The molecule has 0 aliphatic carbocycles. The quantitative estimate of drug-likeness (QED) is 0.629. The van der Waals surface area contributed by atoms with E-state index in [1.165, 1.54) is 24.3 Å². The second-order valence-corrected chi connectivity index (χ2v) is 4.87. The summed E-state index contributed by atoms with van der Waals surface area (Å²) in [5.41, 5.74) is -0.981. The van der Waals surface area contributed by atoms with Crippen LogP contribution < -0.4 is 0 Å². The van der Waals surface area contributed by atoms with Crippen molar-refractivity contribution in [1.82, 2.24) is 19.6 Å². The lowest BCUT2D eigenvalue weighted by Gasteiger charge is -2.09. The molecule has 0 atom stereocenters. The van der Waals surface area contributed by atoms with Crippen molar-refractivity contribution in [2.45, 2.75) is 6.18 Å². The van der Waals surface area contributed by atoms with Gasteiger partial charge in [0.1, 0.15) is 10.3 Å². The molecule has 9 heteroatoms. The molecule has 0 saturated carbocycles. The highest BCUT2D eigenvalue weighted by molar-refractivity contribution is 6.33. The van der Waals surface area contributed by atoms with E-state index in [0.29, 0.717) is 0 Å². The maximum absolute atomic E-state index is 13.0. The van der Waals surface area contributed by atoms with E-state index in [4.69, 9.17) is 23.2 Å². The summed E-state index contributed by atoms with van der Waals surface area (Å²) in [6.07, 6.45) is -4.51. The van der Waals surface area contributed by atoms with E-state index in [-0.39, 0.29) is 27.5 Å². The number of hydrogen-bond donors (Lipinski definition) is 0. The van der Waals surface area contributed by atoms with Gasteiger partial charge in [-0.15, -0.1) is 5.10 Å². The van der Waals surface area contributed by atoms with E-state index in [1.807, 2.05) is 0 Å².